The smallest absolute Gasteiger partial charge is 0.146 e. The molecule has 0 saturated carbocycles. The van der Waals surface area contributed by atoms with Crippen LogP contribution in [-0.4, -0.2) is 19.5 Å². The SMILES string of the molecule is C=c1cc(C)c2c(C)n(C(C)C)c3nc(C)nc([nH]1)c23. The van der Waals surface area contributed by atoms with E-state index in [0.29, 0.717) is 6.04 Å². The van der Waals surface area contributed by atoms with Gasteiger partial charge in [0.15, 0.2) is 0 Å². The number of aromatic amines is 1. The van der Waals surface area contributed by atoms with Crippen LogP contribution in [0.2, 0.25) is 0 Å². The summed E-state index contributed by atoms with van der Waals surface area (Å²) < 4.78 is 2.29. The molecular weight excluding hydrogens is 248 g/mol. The van der Waals surface area contributed by atoms with Crippen molar-refractivity contribution in [2.45, 2.75) is 40.7 Å². The number of aryl methyl sites for hydroxylation is 3. The fourth-order valence-electron chi connectivity index (χ4n) is 3.15. The highest BCUT2D eigenvalue weighted by atomic mass is 15.1. The molecule has 0 aliphatic rings. The van der Waals surface area contributed by atoms with Gasteiger partial charge in [-0.3, -0.25) is 0 Å². The van der Waals surface area contributed by atoms with Crippen molar-refractivity contribution in [1.82, 2.24) is 19.5 Å². The maximum absolute atomic E-state index is 4.68. The molecule has 0 fully saturated rings. The zero-order valence-electron chi connectivity index (χ0n) is 12.7. The van der Waals surface area contributed by atoms with Crippen LogP contribution < -0.4 is 5.35 Å². The lowest BCUT2D eigenvalue weighted by Crippen LogP contribution is -2.06. The molecule has 0 amide bonds. The van der Waals surface area contributed by atoms with Crippen LogP contribution in [0.15, 0.2) is 6.07 Å². The van der Waals surface area contributed by atoms with Crippen LogP contribution in [0, 0.1) is 20.8 Å². The summed E-state index contributed by atoms with van der Waals surface area (Å²) in [5, 5.41) is 3.21. The Morgan fingerprint density at radius 1 is 1.15 bits per heavy atom. The Hall–Kier alpha value is -2.10. The average molecular weight is 268 g/mol. The predicted octanol–water partition coefficient (Wildman–Crippen LogP) is 3.11. The summed E-state index contributed by atoms with van der Waals surface area (Å²) in [6.07, 6.45) is 0. The molecule has 0 unspecified atom stereocenters. The van der Waals surface area contributed by atoms with E-state index in [2.05, 4.69) is 59.9 Å². The van der Waals surface area contributed by atoms with E-state index >= 15 is 0 Å². The zero-order chi connectivity index (χ0) is 14.6. The monoisotopic (exact) mass is 268 g/mol. The number of nitrogens with zero attached hydrogens (tertiary/aromatic N) is 3. The minimum atomic E-state index is 0.365. The third-order valence-corrected chi connectivity index (χ3v) is 3.78. The lowest BCUT2D eigenvalue weighted by Gasteiger charge is -2.11. The molecule has 3 aromatic heterocycles. The molecule has 0 spiro atoms. The van der Waals surface area contributed by atoms with Gasteiger partial charge in [-0.1, -0.05) is 6.58 Å². The molecule has 3 rings (SSSR count). The first-order chi connectivity index (χ1) is 9.40. The summed E-state index contributed by atoms with van der Waals surface area (Å²) in [5.41, 5.74) is 4.31. The van der Waals surface area contributed by atoms with E-state index in [-0.39, 0.29) is 0 Å². The first kappa shape index (κ1) is 12.9. The van der Waals surface area contributed by atoms with Gasteiger partial charge in [0, 0.05) is 22.5 Å². The molecule has 0 bridgehead atoms. The lowest BCUT2D eigenvalue weighted by atomic mass is 10.1. The van der Waals surface area contributed by atoms with Gasteiger partial charge in [-0.2, -0.15) is 0 Å². The Kier molecular flexibility index (Phi) is 2.71. The second-order valence-corrected chi connectivity index (χ2v) is 5.72. The Labute approximate surface area is 118 Å². The minimum absolute atomic E-state index is 0.365. The molecule has 3 aromatic rings. The van der Waals surface area contributed by atoms with Crippen molar-refractivity contribution in [3.63, 3.8) is 0 Å². The molecule has 4 heteroatoms. The second kappa shape index (κ2) is 4.20. The molecule has 0 radical (unpaired) electrons. The van der Waals surface area contributed by atoms with Crippen molar-refractivity contribution >= 4 is 28.6 Å². The van der Waals surface area contributed by atoms with Crippen LogP contribution in [0.25, 0.3) is 28.6 Å². The predicted molar refractivity (Wildman–Crippen MR) is 83.5 cm³/mol. The second-order valence-electron chi connectivity index (χ2n) is 5.72. The van der Waals surface area contributed by atoms with E-state index in [0.717, 1.165) is 27.9 Å². The number of aromatic nitrogens is 4. The van der Waals surface area contributed by atoms with E-state index in [1.807, 2.05) is 6.92 Å². The third-order valence-electron chi connectivity index (χ3n) is 3.78. The Morgan fingerprint density at radius 2 is 1.85 bits per heavy atom. The molecule has 4 nitrogen and oxygen atoms in total. The fourth-order valence-corrected chi connectivity index (χ4v) is 3.15. The van der Waals surface area contributed by atoms with Crippen molar-refractivity contribution in [2.24, 2.45) is 0 Å². The van der Waals surface area contributed by atoms with Crippen molar-refractivity contribution < 1.29 is 0 Å². The quantitative estimate of drug-likeness (QED) is 0.737. The highest BCUT2D eigenvalue weighted by Crippen LogP contribution is 2.32. The molecule has 0 aliphatic carbocycles. The molecule has 0 saturated heterocycles. The summed E-state index contributed by atoms with van der Waals surface area (Å²) in [6, 6.07) is 2.44. The van der Waals surface area contributed by atoms with Gasteiger partial charge in [0.05, 0.1) is 5.39 Å². The summed E-state index contributed by atoms with van der Waals surface area (Å²) in [6.45, 7) is 14.6. The first-order valence-corrected chi connectivity index (χ1v) is 6.94. The van der Waals surface area contributed by atoms with Crippen LogP contribution >= 0.6 is 0 Å². The normalized spacial score (nSPS) is 11.9. The molecular formula is C16H20N4. The molecule has 0 atom stereocenters. The highest BCUT2D eigenvalue weighted by molar-refractivity contribution is 6.07. The van der Waals surface area contributed by atoms with Gasteiger partial charge in [-0.05, 0) is 46.2 Å². The number of rotatable bonds is 1. The molecule has 20 heavy (non-hydrogen) atoms. The third kappa shape index (κ3) is 1.68. The molecule has 3 heterocycles. The summed E-state index contributed by atoms with van der Waals surface area (Å²) >= 11 is 0. The van der Waals surface area contributed by atoms with Crippen LogP contribution in [0.1, 0.15) is 37.0 Å². The summed E-state index contributed by atoms with van der Waals surface area (Å²) in [7, 11) is 0. The zero-order valence-corrected chi connectivity index (χ0v) is 12.7. The maximum Gasteiger partial charge on any atom is 0.146 e. The molecule has 104 valence electrons. The van der Waals surface area contributed by atoms with Gasteiger partial charge >= 0.3 is 0 Å². The van der Waals surface area contributed by atoms with Crippen molar-refractivity contribution in [2.75, 3.05) is 0 Å². The van der Waals surface area contributed by atoms with Crippen LogP contribution in [0.3, 0.4) is 0 Å². The van der Waals surface area contributed by atoms with E-state index < -0.39 is 0 Å². The molecule has 0 aliphatic heterocycles. The average Bonchev–Trinajstić information content (AvgIpc) is 2.53. The van der Waals surface area contributed by atoms with Gasteiger partial charge < -0.3 is 9.55 Å². The molecule has 1 N–H and O–H groups in total. The van der Waals surface area contributed by atoms with E-state index in [1.165, 1.54) is 16.6 Å². The standard InChI is InChI=1S/C16H20N4/c1-8(2)20-11(5)13-9(3)7-10(4)17-15-14(13)16(20)19-12(6)18-15/h7-8H,4H2,1-3,5-6H3,(H,17,18,19). The largest absolute Gasteiger partial charge is 0.340 e. The first-order valence-electron chi connectivity index (χ1n) is 6.94. The number of hydrogen-bond donors (Lipinski definition) is 1. The van der Waals surface area contributed by atoms with Gasteiger partial charge in [0.1, 0.15) is 17.1 Å². The Morgan fingerprint density at radius 3 is 2.50 bits per heavy atom. The lowest BCUT2D eigenvalue weighted by molar-refractivity contribution is 0.604. The van der Waals surface area contributed by atoms with Gasteiger partial charge in [0.2, 0.25) is 0 Å². The van der Waals surface area contributed by atoms with Crippen molar-refractivity contribution in [3.05, 3.63) is 28.5 Å². The van der Waals surface area contributed by atoms with Gasteiger partial charge in [-0.25, -0.2) is 9.97 Å². The number of nitrogens with one attached hydrogen (secondary N) is 1. The Balaban J connectivity index is 2.74. The fraction of sp³-hybridized carbons (Fsp3) is 0.375. The summed E-state index contributed by atoms with van der Waals surface area (Å²) in [5.74, 6) is 0.776. The molecule has 0 aromatic carbocycles. The number of hydrogen-bond acceptors (Lipinski definition) is 2. The van der Waals surface area contributed by atoms with Crippen LogP contribution in [0.5, 0.6) is 0 Å². The van der Waals surface area contributed by atoms with Crippen molar-refractivity contribution in [3.8, 4) is 0 Å². The number of H-pyrrole nitrogens is 1. The van der Waals surface area contributed by atoms with E-state index in [9.17, 15) is 0 Å². The maximum atomic E-state index is 4.68. The van der Waals surface area contributed by atoms with Gasteiger partial charge in [-0.15, -0.1) is 0 Å². The van der Waals surface area contributed by atoms with E-state index in [1.54, 1.807) is 0 Å². The minimum Gasteiger partial charge on any atom is -0.340 e. The van der Waals surface area contributed by atoms with Crippen LogP contribution in [-0.2, 0) is 0 Å². The van der Waals surface area contributed by atoms with E-state index in [4.69, 9.17) is 0 Å². The van der Waals surface area contributed by atoms with Gasteiger partial charge in [0.25, 0.3) is 0 Å². The highest BCUT2D eigenvalue weighted by Gasteiger charge is 2.18. The topological polar surface area (TPSA) is 46.5 Å². The van der Waals surface area contributed by atoms with Crippen LogP contribution in [0.4, 0.5) is 0 Å². The summed E-state index contributed by atoms with van der Waals surface area (Å²) in [4.78, 5) is 12.5. The van der Waals surface area contributed by atoms with Crippen molar-refractivity contribution in [1.29, 1.82) is 0 Å². The Bertz CT molecular complexity index is 881.